The van der Waals surface area contributed by atoms with E-state index in [9.17, 15) is 4.39 Å². The summed E-state index contributed by atoms with van der Waals surface area (Å²) >= 11 is 0. The summed E-state index contributed by atoms with van der Waals surface area (Å²) < 4.78 is 18.8. The Balaban J connectivity index is 2.03. The van der Waals surface area contributed by atoms with Crippen LogP contribution in [0.4, 0.5) is 10.1 Å². The number of nitrogens with two attached hydrogens (primary N) is 1. The molecule has 4 heteroatoms. The highest BCUT2D eigenvalue weighted by Crippen LogP contribution is 2.21. The number of halogens is 1. The van der Waals surface area contributed by atoms with Crippen LogP contribution in [0.15, 0.2) is 24.3 Å². The van der Waals surface area contributed by atoms with Gasteiger partial charge in [0.1, 0.15) is 5.82 Å². The first-order valence-electron chi connectivity index (χ1n) is 5.60. The van der Waals surface area contributed by atoms with Gasteiger partial charge in [0.2, 0.25) is 0 Å². The van der Waals surface area contributed by atoms with Gasteiger partial charge in [-0.15, -0.1) is 0 Å². The van der Waals surface area contributed by atoms with Crippen molar-refractivity contribution in [2.45, 2.75) is 12.5 Å². The molecular weight excluding hydrogens is 207 g/mol. The minimum absolute atomic E-state index is 0.0828. The molecule has 1 aliphatic heterocycles. The second-order valence-electron chi connectivity index (χ2n) is 4.09. The van der Waals surface area contributed by atoms with Crippen LogP contribution in [0.1, 0.15) is 6.42 Å². The van der Waals surface area contributed by atoms with Gasteiger partial charge in [-0.05, 0) is 18.6 Å². The fourth-order valence-electron chi connectivity index (χ4n) is 2.02. The van der Waals surface area contributed by atoms with E-state index in [0.717, 1.165) is 13.0 Å². The van der Waals surface area contributed by atoms with Gasteiger partial charge >= 0.3 is 0 Å². The van der Waals surface area contributed by atoms with E-state index in [1.54, 1.807) is 12.1 Å². The summed E-state index contributed by atoms with van der Waals surface area (Å²) in [5.74, 6) is 0.143. The van der Waals surface area contributed by atoms with Crippen molar-refractivity contribution in [3.8, 4) is 0 Å². The van der Waals surface area contributed by atoms with Gasteiger partial charge in [-0.3, -0.25) is 0 Å². The van der Waals surface area contributed by atoms with Gasteiger partial charge in [-0.1, -0.05) is 12.1 Å². The lowest BCUT2D eigenvalue weighted by molar-refractivity contribution is 0.182. The zero-order valence-corrected chi connectivity index (χ0v) is 9.16. The van der Waals surface area contributed by atoms with Gasteiger partial charge in [0.15, 0.2) is 0 Å². The number of ether oxygens (including phenoxy) is 1. The molecule has 3 N–H and O–H groups in total. The fraction of sp³-hybridized carbons (Fsp3) is 0.500. The van der Waals surface area contributed by atoms with Crippen LogP contribution in [0.25, 0.3) is 0 Å². The highest BCUT2D eigenvalue weighted by Gasteiger charge is 2.25. The molecule has 1 heterocycles. The molecule has 1 aromatic carbocycles. The first-order chi connectivity index (χ1) is 7.81. The Kier molecular flexibility index (Phi) is 3.74. The maximum atomic E-state index is 13.4. The van der Waals surface area contributed by atoms with E-state index in [-0.39, 0.29) is 11.9 Å². The van der Waals surface area contributed by atoms with Crippen molar-refractivity contribution in [3.05, 3.63) is 30.1 Å². The van der Waals surface area contributed by atoms with Gasteiger partial charge in [-0.25, -0.2) is 4.39 Å². The van der Waals surface area contributed by atoms with E-state index in [1.165, 1.54) is 6.07 Å². The van der Waals surface area contributed by atoms with Crippen LogP contribution in [-0.2, 0) is 4.74 Å². The van der Waals surface area contributed by atoms with Crippen LogP contribution in [-0.4, -0.2) is 25.8 Å². The molecule has 0 aromatic heterocycles. The number of para-hydroxylation sites is 1. The summed E-state index contributed by atoms with van der Waals surface area (Å²) in [6.07, 6.45) is 0.989. The predicted molar refractivity (Wildman–Crippen MR) is 61.8 cm³/mol. The molecule has 1 aliphatic rings. The first-order valence-corrected chi connectivity index (χ1v) is 5.60. The highest BCUT2D eigenvalue weighted by molar-refractivity contribution is 5.45. The number of nitrogens with one attached hydrogen (secondary N) is 1. The Morgan fingerprint density at radius 3 is 2.94 bits per heavy atom. The van der Waals surface area contributed by atoms with Crippen molar-refractivity contribution >= 4 is 5.69 Å². The second-order valence-corrected chi connectivity index (χ2v) is 4.09. The summed E-state index contributed by atoms with van der Waals surface area (Å²) in [6, 6.07) is 6.75. The molecule has 2 unspecified atom stereocenters. The van der Waals surface area contributed by atoms with E-state index in [2.05, 4.69) is 5.32 Å². The van der Waals surface area contributed by atoms with Crippen LogP contribution in [0.3, 0.4) is 0 Å². The quantitative estimate of drug-likeness (QED) is 0.816. The van der Waals surface area contributed by atoms with Crippen LogP contribution >= 0.6 is 0 Å². The summed E-state index contributed by atoms with van der Waals surface area (Å²) in [7, 11) is 0. The van der Waals surface area contributed by atoms with Crippen molar-refractivity contribution in [3.63, 3.8) is 0 Å². The molecule has 2 atom stereocenters. The smallest absolute Gasteiger partial charge is 0.146 e. The molecule has 88 valence electrons. The number of anilines is 1. The van der Waals surface area contributed by atoms with E-state index in [4.69, 9.17) is 10.5 Å². The van der Waals surface area contributed by atoms with Gasteiger partial charge in [0.25, 0.3) is 0 Å². The molecule has 0 saturated carbocycles. The van der Waals surface area contributed by atoms with E-state index in [1.807, 2.05) is 6.07 Å². The van der Waals surface area contributed by atoms with Gasteiger partial charge in [0, 0.05) is 25.1 Å². The number of hydrogen-bond donors (Lipinski definition) is 2. The van der Waals surface area contributed by atoms with Crippen LogP contribution in [0.2, 0.25) is 0 Å². The average Bonchev–Trinajstić information content (AvgIpc) is 2.81. The lowest BCUT2D eigenvalue weighted by Crippen LogP contribution is -2.36. The van der Waals surface area contributed by atoms with Gasteiger partial charge < -0.3 is 15.8 Å². The summed E-state index contributed by atoms with van der Waals surface area (Å²) in [4.78, 5) is 0. The van der Waals surface area contributed by atoms with Gasteiger partial charge in [-0.2, -0.15) is 0 Å². The third-order valence-corrected chi connectivity index (χ3v) is 3.00. The van der Waals surface area contributed by atoms with E-state index >= 15 is 0 Å². The number of benzene rings is 1. The Hall–Kier alpha value is -1.13. The zero-order valence-electron chi connectivity index (χ0n) is 9.16. The SMILES string of the molecule is NCC(Nc1ccccc1F)C1CCOC1. The molecule has 0 bridgehead atoms. The summed E-state index contributed by atoms with van der Waals surface area (Å²) in [5.41, 5.74) is 6.23. The molecule has 0 amide bonds. The average molecular weight is 224 g/mol. The van der Waals surface area contributed by atoms with Crippen molar-refractivity contribution in [1.82, 2.24) is 0 Å². The molecule has 1 saturated heterocycles. The summed E-state index contributed by atoms with van der Waals surface area (Å²) in [6.45, 7) is 1.98. The molecule has 16 heavy (non-hydrogen) atoms. The normalized spacial score (nSPS) is 22.0. The topological polar surface area (TPSA) is 47.3 Å². The highest BCUT2D eigenvalue weighted by atomic mass is 19.1. The van der Waals surface area contributed by atoms with Crippen LogP contribution < -0.4 is 11.1 Å². The largest absolute Gasteiger partial charge is 0.381 e. The lowest BCUT2D eigenvalue weighted by atomic mass is 9.99. The van der Waals surface area contributed by atoms with Crippen molar-refractivity contribution in [1.29, 1.82) is 0 Å². The minimum atomic E-state index is -0.236. The van der Waals surface area contributed by atoms with Crippen molar-refractivity contribution in [2.24, 2.45) is 11.7 Å². The Morgan fingerprint density at radius 1 is 1.50 bits per heavy atom. The first kappa shape index (κ1) is 11.4. The van der Waals surface area contributed by atoms with E-state index in [0.29, 0.717) is 24.8 Å². The zero-order chi connectivity index (χ0) is 11.4. The van der Waals surface area contributed by atoms with Crippen LogP contribution in [0.5, 0.6) is 0 Å². The Morgan fingerprint density at radius 2 is 2.31 bits per heavy atom. The predicted octanol–water partition coefficient (Wildman–Crippen LogP) is 1.60. The summed E-state index contributed by atoms with van der Waals surface area (Å²) in [5, 5.41) is 3.16. The Labute approximate surface area is 94.8 Å². The monoisotopic (exact) mass is 224 g/mol. The maximum absolute atomic E-state index is 13.4. The fourth-order valence-corrected chi connectivity index (χ4v) is 2.02. The lowest BCUT2D eigenvalue weighted by Gasteiger charge is -2.23. The molecule has 1 fully saturated rings. The van der Waals surface area contributed by atoms with Gasteiger partial charge in [0.05, 0.1) is 12.3 Å². The van der Waals surface area contributed by atoms with Crippen molar-refractivity contribution < 1.29 is 9.13 Å². The maximum Gasteiger partial charge on any atom is 0.146 e. The molecule has 0 radical (unpaired) electrons. The molecule has 1 aromatic rings. The van der Waals surface area contributed by atoms with Crippen molar-refractivity contribution in [2.75, 3.05) is 25.1 Å². The van der Waals surface area contributed by atoms with E-state index < -0.39 is 0 Å². The third kappa shape index (κ3) is 2.51. The Bertz CT molecular complexity index is 340. The third-order valence-electron chi connectivity index (χ3n) is 3.00. The standard InChI is InChI=1S/C12H17FN2O/c13-10-3-1-2-4-11(10)15-12(7-14)9-5-6-16-8-9/h1-4,9,12,15H,5-8,14H2. The molecule has 2 rings (SSSR count). The number of hydrogen-bond acceptors (Lipinski definition) is 3. The number of rotatable bonds is 4. The molecule has 0 aliphatic carbocycles. The van der Waals surface area contributed by atoms with Crippen LogP contribution in [0, 0.1) is 11.7 Å². The molecular formula is C12H17FN2O. The molecule has 3 nitrogen and oxygen atoms in total. The molecule has 0 spiro atoms. The second kappa shape index (κ2) is 5.27. The minimum Gasteiger partial charge on any atom is -0.381 e.